The van der Waals surface area contributed by atoms with Gasteiger partial charge in [-0.25, -0.2) is 0 Å². The molecule has 6 nitrogen and oxygen atoms in total. The average Bonchev–Trinajstić information content (AvgIpc) is 2.92. The SMILES string of the molecule is Cc1ccc(C)c(C(=O)C[C@]2(O)C(=O)N(C[NH+]3CCOCC3)c3ccccc32)c1. The Hall–Kier alpha value is -2.54. The number of Topliss-reactive ketones (excluding diaryl/α,β-unsaturated/α-hetero) is 1. The molecule has 0 radical (unpaired) electrons. The summed E-state index contributed by atoms with van der Waals surface area (Å²) in [6.07, 6.45) is -0.262. The van der Waals surface area contributed by atoms with Crippen LogP contribution in [0.25, 0.3) is 0 Å². The van der Waals surface area contributed by atoms with Gasteiger partial charge in [-0.1, -0.05) is 35.9 Å². The first-order valence-corrected chi connectivity index (χ1v) is 10.1. The molecule has 0 spiro atoms. The van der Waals surface area contributed by atoms with Crippen LogP contribution in [0.15, 0.2) is 42.5 Å². The van der Waals surface area contributed by atoms with Crippen molar-refractivity contribution in [3.8, 4) is 0 Å². The third kappa shape index (κ3) is 3.59. The predicted molar refractivity (Wildman–Crippen MR) is 109 cm³/mol. The summed E-state index contributed by atoms with van der Waals surface area (Å²) in [7, 11) is 0. The molecule has 1 atom stereocenters. The van der Waals surface area contributed by atoms with Crippen LogP contribution in [0.3, 0.4) is 0 Å². The van der Waals surface area contributed by atoms with Gasteiger partial charge in [-0.2, -0.15) is 0 Å². The molecule has 6 heteroatoms. The Morgan fingerprint density at radius 1 is 1.17 bits per heavy atom. The maximum Gasteiger partial charge on any atom is 0.268 e. The van der Waals surface area contributed by atoms with Crippen molar-refractivity contribution >= 4 is 17.4 Å². The molecule has 152 valence electrons. The Bertz CT molecular complexity index is 952. The van der Waals surface area contributed by atoms with Crippen molar-refractivity contribution in [2.75, 3.05) is 37.9 Å². The number of benzene rings is 2. The fraction of sp³-hybridized carbons (Fsp3) is 0.391. The quantitative estimate of drug-likeness (QED) is 0.741. The number of aryl methyl sites for hydroxylation is 2. The van der Waals surface area contributed by atoms with Gasteiger partial charge in [0.1, 0.15) is 13.1 Å². The lowest BCUT2D eigenvalue weighted by Gasteiger charge is -2.29. The van der Waals surface area contributed by atoms with Crippen LogP contribution in [-0.2, 0) is 15.1 Å². The lowest BCUT2D eigenvalue weighted by atomic mass is 9.87. The van der Waals surface area contributed by atoms with Gasteiger partial charge in [-0.05, 0) is 31.5 Å². The molecular weight excluding hydrogens is 368 g/mol. The number of hydrogen-bond acceptors (Lipinski definition) is 4. The predicted octanol–water partition coefficient (Wildman–Crippen LogP) is 0.983. The Labute approximate surface area is 170 Å². The molecule has 2 aromatic rings. The Morgan fingerprint density at radius 2 is 1.90 bits per heavy atom. The smallest absolute Gasteiger partial charge is 0.268 e. The highest BCUT2D eigenvalue weighted by Crippen LogP contribution is 2.42. The van der Waals surface area contributed by atoms with E-state index >= 15 is 0 Å². The number of quaternary nitrogens is 1. The number of hydrogen-bond donors (Lipinski definition) is 2. The van der Waals surface area contributed by atoms with Crippen LogP contribution in [0.2, 0.25) is 0 Å². The number of para-hydroxylation sites is 1. The molecular formula is C23H27N2O4+. The van der Waals surface area contributed by atoms with E-state index in [1.165, 1.54) is 4.90 Å². The molecule has 0 saturated carbocycles. The van der Waals surface area contributed by atoms with Gasteiger partial charge in [0.05, 0.1) is 25.3 Å². The van der Waals surface area contributed by atoms with Crippen molar-refractivity contribution in [3.63, 3.8) is 0 Å². The lowest BCUT2D eigenvalue weighted by molar-refractivity contribution is -0.906. The van der Waals surface area contributed by atoms with Gasteiger partial charge in [-0.3, -0.25) is 14.5 Å². The molecule has 2 aliphatic rings. The summed E-state index contributed by atoms with van der Waals surface area (Å²) < 4.78 is 5.41. The van der Waals surface area contributed by atoms with Crippen LogP contribution in [0.4, 0.5) is 5.69 Å². The first-order chi connectivity index (χ1) is 13.9. The Balaban J connectivity index is 1.64. The maximum atomic E-state index is 13.4. The molecule has 0 unspecified atom stereocenters. The average molecular weight is 395 g/mol. The van der Waals surface area contributed by atoms with Crippen LogP contribution >= 0.6 is 0 Å². The monoisotopic (exact) mass is 395 g/mol. The van der Waals surface area contributed by atoms with Crippen LogP contribution in [0, 0.1) is 13.8 Å². The lowest BCUT2D eigenvalue weighted by Crippen LogP contribution is -3.15. The van der Waals surface area contributed by atoms with E-state index in [9.17, 15) is 14.7 Å². The number of anilines is 1. The maximum absolute atomic E-state index is 13.4. The minimum absolute atomic E-state index is 0.225. The molecule has 0 aliphatic carbocycles. The minimum atomic E-state index is -1.84. The summed E-state index contributed by atoms with van der Waals surface area (Å²) in [5, 5.41) is 11.5. The number of nitrogens with one attached hydrogen (secondary N) is 1. The fourth-order valence-corrected chi connectivity index (χ4v) is 4.24. The summed E-state index contributed by atoms with van der Waals surface area (Å²) >= 11 is 0. The first-order valence-electron chi connectivity index (χ1n) is 10.1. The van der Waals surface area contributed by atoms with Crippen LogP contribution < -0.4 is 9.80 Å². The number of ketones is 1. The molecule has 2 aliphatic heterocycles. The topological polar surface area (TPSA) is 71.3 Å². The molecule has 1 amide bonds. The van der Waals surface area contributed by atoms with E-state index in [4.69, 9.17) is 4.74 Å². The van der Waals surface area contributed by atoms with Crippen molar-refractivity contribution < 1.29 is 24.3 Å². The number of ether oxygens (including phenoxy) is 1. The first kappa shape index (κ1) is 19.8. The third-order valence-electron chi connectivity index (χ3n) is 5.93. The van der Waals surface area contributed by atoms with Gasteiger partial charge in [0.2, 0.25) is 0 Å². The van der Waals surface area contributed by atoms with Crippen LogP contribution in [-0.4, -0.2) is 49.8 Å². The molecule has 1 fully saturated rings. The second-order valence-electron chi connectivity index (χ2n) is 8.05. The van der Waals surface area contributed by atoms with E-state index in [1.807, 2.05) is 44.2 Å². The molecule has 4 rings (SSSR count). The molecule has 0 bridgehead atoms. The number of rotatable bonds is 5. The molecule has 1 saturated heterocycles. The summed E-state index contributed by atoms with van der Waals surface area (Å²) in [6, 6.07) is 12.9. The van der Waals surface area contributed by atoms with E-state index < -0.39 is 11.5 Å². The summed E-state index contributed by atoms with van der Waals surface area (Å²) in [6.45, 7) is 7.20. The Morgan fingerprint density at radius 3 is 2.66 bits per heavy atom. The largest absolute Gasteiger partial charge is 0.375 e. The van der Waals surface area contributed by atoms with E-state index in [2.05, 4.69) is 0 Å². The van der Waals surface area contributed by atoms with Gasteiger partial charge in [0.25, 0.3) is 5.91 Å². The van der Waals surface area contributed by atoms with Gasteiger partial charge in [0.15, 0.2) is 18.1 Å². The second kappa shape index (κ2) is 7.71. The van der Waals surface area contributed by atoms with E-state index in [0.29, 0.717) is 36.7 Å². The highest BCUT2D eigenvalue weighted by molar-refractivity contribution is 6.10. The number of amides is 1. The number of aliphatic hydroxyl groups is 1. The van der Waals surface area contributed by atoms with E-state index in [0.717, 1.165) is 24.2 Å². The number of carbonyl (C=O) groups is 2. The van der Waals surface area contributed by atoms with Crippen LogP contribution in [0.1, 0.15) is 33.5 Å². The number of carbonyl (C=O) groups excluding carboxylic acids is 2. The van der Waals surface area contributed by atoms with Gasteiger partial charge >= 0.3 is 0 Å². The van der Waals surface area contributed by atoms with E-state index in [1.54, 1.807) is 17.0 Å². The normalized spacial score (nSPS) is 22.0. The van der Waals surface area contributed by atoms with Gasteiger partial charge < -0.3 is 14.7 Å². The van der Waals surface area contributed by atoms with Crippen molar-refractivity contribution in [3.05, 3.63) is 64.7 Å². The van der Waals surface area contributed by atoms with Crippen molar-refractivity contribution in [2.24, 2.45) is 0 Å². The van der Waals surface area contributed by atoms with Gasteiger partial charge in [-0.15, -0.1) is 0 Å². The summed E-state index contributed by atoms with van der Waals surface area (Å²) in [5.41, 5.74) is 1.74. The Kier molecular flexibility index (Phi) is 5.25. The fourth-order valence-electron chi connectivity index (χ4n) is 4.24. The van der Waals surface area contributed by atoms with Gasteiger partial charge in [0, 0.05) is 11.1 Å². The molecule has 29 heavy (non-hydrogen) atoms. The zero-order valence-corrected chi connectivity index (χ0v) is 16.9. The molecule has 2 N–H and O–H groups in total. The van der Waals surface area contributed by atoms with E-state index in [-0.39, 0.29) is 12.2 Å². The number of morpholine rings is 1. The zero-order chi connectivity index (χ0) is 20.6. The standard InChI is InChI=1S/C23H26N2O4/c1-16-7-8-17(2)18(13-16)21(26)14-23(28)19-5-3-4-6-20(19)25(22(23)27)15-24-9-11-29-12-10-24/h3-8,13,28H,9-12,14-15H2,1-2H3/p+1/t23-/m1/s1. The second-order valence-corrected chi connectivity index (χ2v) is 8.05. The minimum Gasteiger partial charge on any atom is -0.375 e. The third-order valence-corrected chi connectivity index (χ3v) is 5.93. The van der Waals surface area contributed by atoms with Crippen molar-refractivity contribution in [1.82, 2.24) is 0 Å². The van der Waals surface area contributed by atoms with Crippen molar-refractivity contribution in [1.29, 1.82) is 0 Å². The molecule has 0 aromatic heterocycles. The summed E-state index contributed by atoms with van der Waals surface area (Å²) in [5.74, 6) is -0.645. The van der Waals surface area contributed by atoms with Crippen molar-refractivity contribution in [2.45, 2.75) is 25.9 Å². The molecule has 2 heterocycles. The molecule has 2 aromatic carbocycles. The zero-order valence-electron chi connectivity index (χ0n) is 16.9. The summed E-state index contributed by atoms with van der Waals surface area (Å²) in [4.78, 5) is 29.3. The number of nitrogens with zero attached hydrogens (tertiary/aromatic N) is 1. The highest BCUT2D eigenvalue weighted by Gasteiger charge is 2.51. The van der Waals surface area contributed by atoms with Crippen LogP contribution in [0.5, 0.6) is 0 Å². The highest BCUT2D eigenvalue weighted by atomic mass is 16.5. The number of fused-ring (bicyclic) bond motifs is 1.